The molecule has 0 unspecified atom stereocenters. The quantitative estimate of drug-likeness (QED) is 0.527. The van der Waals surface area contributed by atoms with Crippen molar-refractivity contribution < 1.29 is 17.6 Å². The number of halogens is 4. The van der Waals surface area contributed by atoms with Gasteiger partial charge >= 0.3 is 6.18 Å². The van der Waals surface area contributed by atoms with Crippen molar-refractivity contribution in [2.75, 3.05) is 5.73 Å². The van der Waals surface area contributed by atoms with Gasteiger partial charge in [-0.2, -0.15) is 18.3 Å². The highest BCUT2D eigenvalue weighted by atomic mass is 32.2. The lowest BCUT2D eigenvalue weighted by atomic mass is 10.2. The van der Waals surface area contributed by atoms with Crippen molar-refractivity contribution in [1.29, 1.82) is 0 Å². The Labute approximate surface area is 145 Å². The van der Waals surface area contributed by atoms with Gasteiger partial charge in [0.2, 0.25) is 0 Å². The summed E-state index contributed by atoms with van der Waals surface area (Å²) in [5.74, 6) is -0.692. The Morgan fingerprint density at radius 1 is 1.00 bits per heavy atom. The lowest BCUT2D eigenvalue weighted by Gasteiger charge is -2.08. The van der Waals surface area contributed by atoms with Gasteiger partial charge in [-0.25, -0.2) is 9.07 Å². The van der Waals surface area contributed by atoms with Crippen LogP contribution in [0.1, 0.15) is 11.1 Å². The first-order valence-electron chi connectivity index (χ1n) is 7.24. The number of nitrogens with zero attached hydrogens (tertiary/aromatic N) is 2. The van der Waals surface area contributed by atoms with Crippen LogP contribution in [0.15, 0.2) is 59.6 Å². The monoisotopic (exact) mass is 367 g/mol. The van der Waals surface area contributed by atoms with Crippen molar-refractivity contribution >= 4 is 17.6 Å². The van der Waals surface area contributed by atoms with E-state index in [1.165, 1.54) is 12.1 Å². The number of hydrogen-bond donors (Lipinski definition) is 1. The van der Waals surface area contributed by atoms with E-state index in [1.807, 2.05) is 30.3 Å². The van der Waals surface area contributed by atoms with E-state index in [0.717, 1.165) is 34.1 Å². The zero-order valence-corrected chi connectivity index (χ0v) is 13.6. The Kier molecular flexibility index (Phi) is 4.71. The van der Waals surface area contributed by atoms with Gasteiger partial charge in [-0.05, 0) is 29.8 Å². The first-order chi connectivity index (χ1) is 11.9. The summed E-state index contributed by atoms with van der Waals surface area (Å²) in [6.45, 7) is 0. The van der Waals surface area contributed by atoms with Crippen molar-refractivity contribution in [3.63, 3.8) is 0 Å². The molecule has 130 valence electrons. The fourth-order valence-electron chi connectivity index (χ4n) is 2.28. The Morgan fingerprint density at radius 2 is 1.64 bits per heavy atom. The number of aromatic nitrogens is 2. The summed E-state index contributed by atoms with van der Waals surface area (Å²) >= 11 is 0.954. The van der Waals surface area contributed by atoms with Crippen molar-refractivity contribution in [1.82, 2.24) is 9.78 Å². The first-order valence-corrected chi connectivity index (χ1v) is 8.23. The number of hydrogen-bond acceptors (Lipinski definition) is 3. The van der Waals surface area contributed by atoms with Crippen LogP contribution in [0.25, 0.3) is 5.69 Å². The number of nitrogens with two attached hydrogens (primary N) is 1. The van der Waals surface area contributed by atoms with Crippen LogP contribution in [0.5, 0.6) is 0 Å². The molecule has 25 heavy (non-hydrogen) atoms. The second-order valence-electron chi connectivity index (χ2n) is 5.23. The molecule has 0 bridgehead atoms. The van der Waals surface area contributed by atoms with E-state index in [4.69, 9.17) is 5.73 Å². The molecular weight excluding hydrogens is 354 g/mol. The molecule has 0 aliphatic carbocycles. The van der Waals surface area contributed by atoms with Gasteiger partial charge in [0, 0.05) is 5.75 Å². The van der Waals surface area contributed by atoms with Gasteiger partial charge < -0.3 is 5.73 Å². The lowest BCUT2D eigenvalue weighted by molar-refractivity contribution is -0.139. The van der Waals surface area contributed by atoms with E-state index in [1.54, 1.807) is 0 Å². The minimum Gasteiger partial charge on any atom is -0.383 e. The van der Waals surface area contributed by atoms with E-state index in [0.29, 0.717) is 5.75 Å². The molecule has 8 heteroatoms. The fourth-order valence-corrected chi connectivity index (χ4v) is 3.28. The molecule has 0 amide bonds. The van der Waals surface area contributed by atoms with Crippen molar-refractivity contribution in [3.05, 3.63) is 71.5 Å². The van der Waals surface area contributed by atoms with E-state index < -0.39 is 23.4 Å². The molecule has 0 spiro atoms. The standard InChI is InChI=1S/C17H13F4N3S/c18-12-6-8-13(9-7-12)24-15(22)14(17(19,20)21)16(23-24)25-10-11-4-2-1-3-5-11/h1-9H,10,22H2. The van der Waals surface area contributed by atoms with E-state index >= 15 is 0 Å². The SMILES string of the molecule is Nc1c(C(F)(F)F)c(SCc2ccccc2)nn1-c1ccc(F)cc1. The summed E-state index contributed by atoms with van der Waals surface area (Å²) in [4.78, 5) is 0. The van der Waals surface area contributed by atoms with Crippen LogP contribution in [-0.4, -0.2) is 9.78 Å². The minimum absolute atomic E-state index is 0.210. The molecule has 0 aliphatic heterocycles. The van der Waals surface area contributed by atoms with Crippen LogP contribution in [0.3, 0.4) is 0 Å². The van der Waals surface area contributed by atoms with Gasteiger partial charge in [-0.1, -0.05) is 42.1 Å². The van der Waals surface area contributed by atoms with Gasteiger partial charge in [0.1, 0.15) is 22.2 Å². The first kappa shape index (κ1) is 17.3. The number of benzene rings is 2. The maximum atomic E-state index is 13.4. The Hall–Kier alpha value is -2.48. The summed E-state index contributed by atoms with van der Waals surface area (Å²) in [6, 6.07) is 14.0. The Morgan fingerprint density at radius 3 is 2.24 bits per heavy atom. The molecule has 0 atom stereocenters. The molecule has 0 fully saturated rings. The zero-order valence-electron chi connectivity index (χ0n) is 12.8. The average molecular weight is 367 g/mol. The predicted molar refractivity (Wildman–Crippen MR) is 88.9 cm³/mol. The molecule has 1 aromatic heterocycles. The normalized spacial score (nSPS) is 11.7. The topological polar surface area (TPSA) is 43.8 Å². The van der Waals surface area contributed by atoms with Gasteiger partial charge in [0.25, 0.3) is 0 Å². The highest BCUT2D eigenvalue weighted by Gasteiger charge is 2.40. The Bertz CT molecular complexity index is 858. The summed E-state index contributed by atoms with van der Waals surface area (Å²) in [6.07, 6.45) is -4.64. The molecule has 0 saturated carbocycles. The molecule has 2 aromatic carbocycles. The number of alkyl halides is 3. The summed E-state index contributed by atoms with van der Waals surface area (Å²) in [5.41, 5.74) is 5.86. The summed E-state index contributed by atoms with van der Waals surface area (Å²) in [7, 11) is 0. The van der Waals surface area contributed by atoms with Gasteiger partial charge in [-0.15, -0.1) is 0 Å². The highest BCUT2D eigenvalue weighted by Crippen LogP contribution is 2.41. The van der Waals surface area contributed by atoms with Gasteiger partial charge in [0.05, 0.1) is 5.69 Å². The van der Waals surface area contributed by atoms with Gasteiger partial charge in [0.15, 0.2) is 0 Å². The predicted octanol–water partition coefficient (Wildman–Crippen LogP) is 4.90. The number of nitrogen functional groups attached to an aromatic ring is 1. The summed E-state index contributed by atoms with van der Waals surface area (Å²) in [5, 5.41) is 3.79. The maximum Gasteiger partial charge on any atom is 0.422 e. The third kappa shape index (κ3) is 3.79. The molecule has 0 aliphatic rings. The third-order valence-electron chi connectivity index (χ3n) is 3.46. The van der Waals surface area contributed by atoms with Crippen LogP contribution in [0.4, 0.5) is 23.4 Å². The molecule has 0 saturated heterocycles. The second-order valence-corrected chi connectivity index (χ2v) is 6.19. The second kappa shape index (κ2) is 6.79. The summed E-state index contributed by atoms with van der Waals surface area (Å²) < 4.78 is 54.3. The number of thioether (sulfide) groups is 1. The van der Waals surface area contributed by atoms with Crippen LogP contribution in [0, 0.1) is 5.82 Å². The molecule has 2 N–H and O–H groups in total. The van der Waals surface area contributed by atoms with Crippen LogP contribution in [-0.2, 0) is 11.9 Å². The van der Waals surface area contributed by atoms with Gasteiger partial charge in [-0.3, -0.25) is 0 Å². The van der Waals surface area contributed by atoms with Crippen molar-refractivity contribution in [3.8, 4) is 5.69 Å². The highest BCUT2D eigenvalue weighted by molar-refractivity contribution is 7.98. The molecular formula is C17H13F4N3S. The fraction of sp³-hybridized carbons (Fsp3) is 0.118. The van der Waals surface area contributed by atoms with Crippen LogP contribution in [0.2, 0.25) is 0 Å². The van der Waals surface area contributed by atoms with E-state index in [-0.39, 0.29) is 10.7 Å². The van der Waals surface area contributed by atoms with E-state index in [2.05, 4.69) is 5.10 Å². The minimum atomic E-state index is -4.64. The zero-order chi connectivity index (χ0) is 18.0. The average Bonchev–Trinajstić information content (AvgIpc) is 2.91. The Balaban J connectivity index is 1.99. The number of anilines is 1. The van der Waals surface area contributed by atoms with E-state index in [9.17, 15) is 17.6 Å². The van der Waals surface area contributed by atoms with Crippen molar-refractivity contribution in [2.24, 2.45) is 0 Å². The molecule has 1 heterocycles. The smallest absolute Gasteiger partial charge is 0.383 e. The third-order valence-corrected chi connectivity index (χ3v) is 4.50. The lowest BCUT2D eigenvalue weighted by Crippen LogP contribution is -2.10. The van der Waals surface area contributed by atoms with Crippen molar-refractivity contribution in [2.45, 2.75) is 17.0 Å². The molecule has 0 radical (unpaired) electrons. The maximum absolute atomic E-state index is 13.4. The molecule has 3 aromatic rings. The van der Waals surface area contributed by atoms with Crippen LogP contribution < -0.4 is 5.73 Å². The molecule has 3 rings (SSSR count). The largest absolute Gasteiger partial charge is 0.422 e. The number of rotatable bonds is 4. The molecule has 3 nitrogen and oxygen atoms in total. The van der Waals surface area contributed by atoms with Crippen LogP contribution >= 0.6 is 11.8 Å².